The molecule has 0 aromatic carbocycles. The molecule has 0 aromatic heterocycles. The number of fused-ring (bicyclic) bond motifs is 1. The molecule has 5 heteroatoms. The number of carboxylic acids is 1. The fraction of sp³-hybridized carbons (Fsp3) is 0.667. The molecule has 0 aliphatic heterocycles. The Labute approximate surface area is 137 Å². The highest BCUT2D eigenvalue weighted by atomic mass is 16.5. The summed E-state index contributed by atoms with van der Waals surface area (Å²) in [6.07, 6.45) is 3.97. The molecule has 0 amide bonds. The second kappa shape index (κ2) is 6.11. The van der Waals surface area contributed by atoms with E-state index in [4.69, 9.17) is 4.74 Å². The number of carbonyl (C=O) groups excluding carboxylic acids is 1. The molecule has 0 unspecified atom stereocenters. The van der Waals surface area contributed by atoms with Crippen LogP contribution in [0.25, 0.3) is 0 Å². The van der Waals surface area contributed by atoms with E-state index in [1.165, 1.54) is 0 Å². The van der Waals surface area contributed by atoms with Crippen LogP contribution in [0.3, 0.4) is 0 Å². The van der Waals surface area contributed by atoms with Crippen molar-refractivity contribution in [1.29, 1.82) is 0 Å². The lowest BCUT2D eigenvalue weighted by atomic mass is 9.48. The number of ether oxygens (including phenoxy) is 1. The molecule has 128 valence electrons. The highest BCUT2D eigenvalue weighted by Gasteiger charge is 2.60. The summed E-state index contributed by atoms with van der Waals surface area (Å²) in [6, 6.07) is 0. The van der Waals surface area contributed by atoms with Gasteiger partial charge in [0.15, 0.2) is 0 Å². The zero-order valence-electron chi connectivity index (χ0n) is 14.0. The topological polar surface area (TPSA) is 83.8 Å². The Morgan fingerprint density at radius 2 is 2.09 bits per heavy atom. The third-order valence-corrected chi connectivity index (χ3v) is 5.85. The monoisotopic (exact) mass is 322 g/mol. The van der Waals surface area contributed by atoms with Gasteiger partial charge in [-0.3, -0.25) is 9.59 Å². The third kappa shape index (κ3) is 2.71. The normalized spacial score (nSPS) is 39.7. The molecule has 2 aliphatic rings. The van der Waals surface area contributed by atoms with E-state index >= 15 is 0 Å². The number of rotatable bonds is 4. The van der Waals surface area contributed by atoms with Crippen molar-refractivity contribution in [2.45, 2.75) is 46.1 Å². The van der Waals surface area contributed by atoms with Crippen molar-refractivity contribution in [3.8, 4) is 0 Å². The van der Waals surface area contributed by atoms with Crippen molar-refractivity contribution in [2.75, 3.05) is 6.61 Å². The van der Waals surface area contributed by atoms with Gasteiger partial charge in [0.1, 0.15) is 0 Å². The summed E-state index contributed by atoms with van der Waals surface area (Å²) in [4.78, 5) is 23.9. The lowest BCUT2D eigenvalue weighted by Gasteiger charge is -2.56. The van der Waals surface area contributed by atoms with E-state index in [9.17, 15) is 19.8 Å². The van der Waals surface area contributed by atoms with Gasteiger partial charge >= 0.3 is 11.9 Å². The minimum absolute atomic E-state index is 0.0226. The molecule has 0 bridgehead atoms. The molecule has 23 heavy (non-hydrogen) atoms. The molecule has 5 atom stereocenters. The second-order valence-corrected chi connectivity index (χ2v) is 7.13. The lowest BCUT2D eigenvalue weighted by molar-refractivity contribution is -0.180. The summed E-state index contributed by atoms with van der Waals surface area (Å²) in [5.41, 5.74) is -0.740. The fourth-order valence-electron chi connectivity index (χ4n) is 4.45. The summed E-state index contributed by atoms with van der Waals surface area (Å²) in [6.45, 7) is 9.72. The van der Waals surface area contributed by atoms with E-state index in [1.54, 1.807) is 19.9 Å². The van der Waals surface area contributed by atoms with Crippen LogP contribution in [0.15, 0.2) is 24.3 Å². The third-order valence-electron chi connectivity index (χ3n) is 5.85. The van der Waals surface area contributed by atoms with Gasteiger partial charge in [-0.05, 0) is 38.0 Å². The first kappa shape index (κ1) is 17.7. The van der Waals surface area contributed by atoms with Crippen LogP contribution < -0.4 is 0 Å². The lowest BCUT2D eigenvalue weighted by Crippen LogP contribution is -2.58. The van der Waals surface area contributed by atoms with Crippen molar-refractivity contribution in [3.05, 3.63) is 24.3 Å². The zero-order chi connectivity index (χ0) is 17.4. The van der Waals surface area contributed by atoms with Gasteiger partial charge in [-0.25, -0.2) is 0 Å². The van der Waals surface area contributed by atoms with E-state index in [-0.39, 0.29) is 24.9 Å². The van der Waals surface area contributed by atoms with Crippen molar-refractivity contribution in [2.24, 2.45) is 22.7 Å². The van der Waals surface area contributed by atoms with Gasteiger partial charge in [0.25, 0.3) is 0 Å². The van der Waals surface area contributed by atoms with Gasteiger partial charge in [-0.15, -0.1) is 0 Å². The Balaban J connectivity index is 2.49. The molecule has 1 fully saturated rings. The molecule has 0 heterocycles. The predicted octanol–water partition coefficient (Wildman–Crippen LogP) is 2.55. The van der Waals surface area contributed by atoms with Crippen molar-refractivity contribution in [1.82, 2.24) is 0 Å². The minimum Gasteiger partial charge on any atom is -0.481 e. The minimum atomic E-state index is -1.07. The summed E-state index contributed by atoms with van der Waals surface area (Å²) >= 11 is 0. The number of allylic oxidation sites excluding steroid dienone is 3. The molecular weight excluding hydrogens is 296 g/mol. The largest absolute Gasteiger partial charge is 0.481 e. The summed E-state index contributed by atoms with van der Waals surface area (Å²) < 4.78 is 5.22. The number of aliphatic hydroxyl groups excluding tert-OH is 1. The van der Waals surface area contributed by atoms with E-state index in [0.717, 1.165) is 5.57 Å². The number of aliphatic carboxylic acids is 1. The first-order chi connectivity index (χ1) is 10.7. The highest BCUT2D eigenvalue weighted by molar-refractivity contribution is 5.79. The Kier molecular flexibility index (Phi) is 4.71. The maximum atomic E-state index is 12.6. The van der Waals surface area contributed by atoms with Gasteiger partial charge < -0.3 is 14.9 Å². The molecule has 1 saturated carbocycles. The van der Waals surface area contributed by atoms with Gasteiger partial charge in [0.2, 0.25) is 0 Å². The Morgan fingerprint density at radius 1 is 1.43 bits per heavy atom. The number of aliphatic hydroxyl groups is 1. The molecule has 5 nitrogen and oxygen atoms in total. The average Bonchev–Trinajstić information content (AvgIpc) is 2.47. The maximum absolute atomic E-state index is 12.6. The highest BCUT2D eigenvalue weighted by Crippen LogP contribution is 2.59. The fourth-order valence-corrected chi connectivity index (χ4v) is 4.45. The first-order valence-corrected chi connectivity index (χ1v) is 8.12. The second-order valence-electron chi connectivity index (χ2n) is 7.13. The van der Waals surface area contributed by atoms with Crippen LogP contribution in [0.1, 0.15) is 40.0 Å². The Morgan fingerprint density at radius 3 is 2.65 bits per heavy atom. The Hall–Kier alpha value is -1.62. The quantitative estimate of drug-likeness (QED) is 0.777. The summed E-state index contributed by atoms with van der Waals surface area (Å²) in [5.74, 6) is -1.84. The van der Waals surface area contributed by atoms with Crippen LogP contribution >= 0.6 is 0 Å². The van der Waals surface area contributed by atoms with Gasteiger partial charge in [0.05, 0.1) is 24.5 Å². The molecule has 0 radical (unpaired) electrons. The van der Waals surface area contributed by atoms with Crippen LogP contribution in [-0.4, -0.2) is 34.9 Å². The van der Waals surface area contributed by atoms with Crippen LogP contribution in [0.2, 0.25) is 0 Å². The van der Waals surface area contributed by atoms with Crippen molar-refractivity contribution < 1.29 is 24.5 Å². The number of hydrogen-bond acceptors (Lipinski definition) is 4. The number of esters is 1. The first-order valence-electron chi connectivity index (χ1n) is 8.12. The zero-order valence-corrected chi connectivity index (χ0v) is 14.0. The molecule has 2 rings (SSSR count). The molecular formula is C18H26O5. The number of carbonyl (C=O) groups is 2. The predicted molar refractivity (Wildman–Crippen MR) is 85.6 cm³/mol. The van der Waals surface area contributed by atoms with E-state index in [2.05, 4.69) is 6.58 Å². The number of hydrogen-bond donors (Lipinski definition) is 2. The van der Waals surface area contributed by atoms with Crippen LogP contribution in [-0.2, 0) is 14.3 Å². The SMILES string of the molecule is C=C1C=C[C@@H]2[C@](C)(CC[C@H](O)[C@]2(C)C(=O)OCC)[C@H]1CC(=O)O. The van der Waals surface area contributed by atoms with E-state index < -0.39 is 28.9 Å². The smallest absolute Gasteiger partial charge is 0.315 e. The van der Waals surface area contributed by atoms with Crippen molar-refractivity contribution >= 4 is 11.9 Å². The molecule has 2 aliphatic carbocycles. The van der Waals surface area contributed by atoms with Crippen LogP contribution in [0, 0.1) is 22.7 Å². The number of carboxylic acid groups (broad SMARTS) is 1. The van der Waals surface area contributed by atoms with Crippen LogP contribution in [0.4, 0.5) is 0 Å². The summed E-state index contributed by atoms with van der Waals surface area (Å²) in [7, 11) is 0. The molecule has 0 saturated heterocycles. The standard InChI is InChI=1S/C18H26O5/c1-5-23-16(22)18(4)13-7-6-11(2)12(10-15(20)21)17(13,3)9-8-14(18)19/h6-7,12-14,19H,2,5,8-10H2,1,3-4H3,(H,20,21)/t12-,13+,14-,17+,18+/m0/s1. The maximum Gasteiger partial charge on any atom is 0.315 e. The van der Waals surface area contributed by atoms with Gasteiger partial charge in [0, 0.05) is 5.92 Å². The van der Waals surface area contributed by atoms with E-state index in [1.807, 2.05) is 13.0 Å². The van der Waals surface area contributed by atoms with Crippen molar-refractivity contribution in [3.63, 3.8) is 0 Å². The molecule has 0 spiro atoms. The van der Waals surface area contributed by atoms with E-state index in [0.29, 0.717) is 12.8 Å². The van der Waals surface area contributed by atoms with Gasteiger partial charge in [-0.2, -0.15) is 0 Å². The average molecular weight is 322 g/mol. The van der Waals surface area contributed by atoms with Gasteiger partial charge in [-0.1, -0.05) is 31.2 Å². The summed E-state index contributed by atoms with van der Waals surface area (Å²) in [5, 5.41) is 19.8. The molecule has 0 aromatic rings. The molecule has 2 N–H and O–H groups in total. The van der Waals surface area contributed by atoms with Crippen LogP contribution in [0.5, 0.6) is 0 Å². The Bertz CT molecular complexity index is 552.